The van der Waals surface area contributed by atoms with Crippen molar-refractivity contribution in [1.29, 1.82) is 0 Å². The predicted octanol–water partition coefficient (Wildman–Crippen LogP) is 3.93. The summed E-state index contributed by atoms with van der Waals surface area (Å²) in [4.78, 5) is 20.8. The molecule has 2 aromatic carbocycles. The second kappa shape index (κ2) is 8.67. The summed E-state index contributed by atoms with van der Waals surface area (Å²) in [6.45, 7) is 2.26. The summed E-state index contributed by atoms with van der Waals surface area (Å²) in [5.74, 6) is 6.92. The molecule has 1 atom stereocenters. The van der Waals surface area contributed by atoms with Gasteiger partial charge in [0.25, 0.3) is 5.91 Å². The van der Waals surface area contributed by atoms with E-state index in [0.717, 1.165) is 52.2 Å². The number of fused-ring (bicyclic) bond motifs is 3. The van der Waals surface area contributed by atoms with E-state index in [4.69, 9.17) is 10.5 Å². The Kier molecular flexibility index (Phi) is 5.41. The number of anilines is 1. The molecule has 2 aromatic heterocycles. The van der Waals surface area contributed by atoms with E-state index in [1.807, 2.05) is 54.6 Å². The van der Waals surface area contributed by atoms with Crippen LogP contribution in [0.2, 0.25) is 0 Å². The molecule has 7 nitrogen and oxygen atoms in total. The van der Waals surface area contributed by atoms with Crippen molar-refractivity contribution in [3.8, 4) is 34.5 Å². The van der Waals surface area contributed by atoms with Crippen molar-refractivity contribution >= 4 is 22.8 Å². The van der Waals surface area contributed by atoms with Crippen LogP contribution >= 0.6 is 0 Å². The van der Waals surface area contributed by atoms with Gasteiger partial charge in [0.05, 0.1) is 5.39 Å². The van der Waals surface area contributed by atoms with Crippen LogP contribution in [-0.2, 0) is 17.8 Å². The van der Waals surface area contributed by atoms with Gasteiger partial charge in [-0.15, -0.1) is 0 Å². The summed E-state index contributed by atoms with van der Waals surface area (Å²) in [7, 11) is 0. The van der Waals surface area contributed by atoms with Crippen LogP contribution in [-0.4, -0.2) is 26.5 Å². The first-order valence-electron chi connectivity index (χ1n) is 10.8. The molecule has 1 aliphatic heterocycles. The molecule has 3 heterocycles. The molecule has 0 unspecified atom stereocenters. The second-order valence-corrected chi connectivity index (χ2v) is 7.91. The van der Waals surface area contributed by atoms with E-state index in [9.17, 15) is 4.79 Å². The van der Waals surface area contributed by atoms with Gasteiger partial charge in [0.2, 0.25) is 0 Å². The van der Waals surface area contributed by atoms with Crippen LogP contribution in [0.15, 0.2) is 60.9 Å². The van der Waals surface area contributed by atoms with Crippen LogP contribution in [0.4, 0.5) is 5.82 Å². The van der Waals surface area contributed by atoms with Crippen LogP contribution in [0, 0.1) is 11.8 Å². The molecule has 4 aromatic rings. The molecule has 0 saturated heterocycles. The highest BCUT2D eigenvalue weighted by atomic mass is 16.5. The number of nitrogen functional groups attached to an aromatic ring is 1. The number of nitrogens with two attached hydrogens (primary N) is 1. The van der Waals surface area contributed by atoms with E-state index in [1.54, 1.807) is 6.92 Å². The third-order valence-electron chi connectivity index (χ3n) is 5.80. The maximum atomic E-state index is 12.0. The fourth-order valence-corrected chi connectivity index (χ4v) is 4.40. The van der Waals surface area contributed by atoms with Gasteiger partial charge >= 0.3 is 0 Å². The topological polar surface area (TPSA) is 95.1 Å². The van der Waals surface area contributed by atoms with Gasteiger partial charge in [-0.2, -0.15) is 0 Å². The largest absolute Gasteiger partial charge is 0.457 e. The van der Waals surface area contributed by atoms with E-state index < -0.39 is 0 Å². The molecule has 0 spiro atoms. The van der Waals surface area contributed by atoms with Crippen LogP contribution in [0.5, 0.6) is 11.5 Å². The smallest absolute Gasteiger partial charge is 0.296 e. The number of ether oxygens (including phenoxy) is 1. The lowest BCUT2D eigenvalue weighted by Crippen LogP contribution is -2.40. The molecule has 164 valence electrons. The second-order valence-electron chi connectivity index (χ2n) is 7.91. The number of carbonyl (C=O) groups is 1. The minimum atomic E-state index is -0.259. The number of hydrogen-bond acceptors (Lipinski definition) is 5. The number of nitrogens with zero attached hydrogens (tertiary/aromatic N) is 3. The summed E-state index contributed by atoms with van der Waals surface area (Å²) < 4.78 is 8.08. The highest BCUT2D eigenvalue weighted by Crippen LogP contribution is 2.39. The number of para-hydroxylation sites is 1. The fraction of sp³-hybridized carbons (Fsp3) is 0.192. The Morgan fingerprint density at radius 1 is 1.12 bits per heavy atom. The maximum Gasteiger partial charge on any atom is 0.296 e. The quantitative estimate of drug-likeness (QED) is 0.472. The number of benzene rings is 2. The molecule has 0 saturated carbocycles. The molecule has 0 aliphatic carbocycles. The van der Waals surface area contributed by atoms with E-state index in [-0.39, 0.29) is 11.9 Å². The zero-order valence-electron chi connectivity index (χ0n) is 18.2. The van der Waals surface area contributed by atoms with Crippen molar-refractivity contribution in [3.05, 3.63) is 66.6 Å². The average molecular weight is 438 g/mol. The fourth-order valence-electron chi connectivity index (χ4n) is 4.40. The number of hydrogen-bond donors (Lipinski definition) is 2. The van der Waals surface area contributed by atoms with Crippen molar-refractivity contribution in [1.82, 2.24) is 19.9 Å². The van der Waals surface area contributed by atoms with Crippen molar-refractivity contribution in [3.63, 3.8) is 0 Å². The Bertz CT molecular complexity index is 1380. The van der Waals surface area contributed by atoms with Crippen LogP contribution in [0.25, 0.3) is 22.2 Å². The summed E-state index contributed by atoms with van der Waals surface area (Å²) in [6, 6.07) is 17.6. The Morgan fingerprint density at radius 3 is 2.64 bits per heavy atom. The minimum absolute atomic E-state index is 0.0212. The molecular formula is C26H23N5O2. The molecule has 33 heavy (non-hydrogen) atoms. The highest BCUT2D eigenvalue weighted by Gasteiger charge is 2.28. The first-order chi connectivity index (χ1) is 16.1. The molecule has 5 rings (SSSR count). The number of carbonyl (C=O) groups excluding carboxylic acids is 1. The normalized spacial score (nSPS) is 14.8. The number of nitrogens with one attached hydrogen (secondary N) is 1. The average Bonchev–Trinajstić information content (AvgIpc) is 3.15. The van der Waals surface area contributed by atoms with Gasteiger partial charge in [0, 0.05) is 23.8 Å². The van der Waals surface area contributed by atoms with Gasteiger partial charge in [-0.1, -0.05) is 36.3 Å². The zero-order valence-corrected chi connectivity index (χ0v) is 18.2. The third-order valence-corrected chi connectivity index (χ3v) is 5.80. The molecule has 3 N–H and O–H groups in total. The van der Waals surface area contributed by atoms with Crippen molar-refractivity contribution in [2.24, 2.45) is 0 Å². The van der Waals surface area contributed by atoms with Crippen LogP contribution in [0.3, 0.4) is 0 Å². The van der Waals surface area contributed by atoms with Gasteiger partial charge in [-0.05, 0) is 55.5 Å². The van der Waals surface area contributed by atoms with Gasteiger partial charge in [-0.3, -0.25) is 4.79 Å². The zero-order chi connectivity index (χ0) is 22.8. The van der Waals surface area contributed by atoms with Crippen LogP contribution < -0.4 is 15.8 Å². The minimum Gasteiger partial charge on any atom is -0.457 e. The number of rotatable bonds is 4. The lowest BCUT2D eigenvalue weighted by atomic mass is 9.97. The third kappa shape index (κ3) is 3.99. The van der Waals surface area contributed by atoms with E-state index >= 15 is 0 Å². The van der Waals surface area contributed by atoms with Crippen molar-refractivity contribution < 1.29 is 9.53 Å². The Morgan fingerprint density at radius 2 is 1.88 bits per heavy atom. The summed E-state index contributed by atoms with van der Waals surface area (Å²) in [5, 5.41) is 3.83. The van der Waals surface area contributed by atoms with Gasteiger partial charge in [0.1, 0.15) is 29.3 Å². The standard InChI is InChI=1S/C26H23N5O2/c1-2-6-22(32)30-18-11-14-21-23(24-25(27)28-16-29-26(24)31(21)15-18)17-9-12-20(13-10-17)33-19-7-4-3-5-8-19/h3-5,7-10,12-13,16,18H,11,14-15H2,1H3,(H,30,32)(H2,27,28,29)/t18-/m1/s1. The van der Waals surface area contributed by atoms with E-state index in [2.05, 4.69) is 31.7 Å². The summed E-state index contributed by atoms with van der Waals surface area (Å²) in [6.07, 6.45) is 3.07. The van der Waals surface area contributed by atoms with Crippen molar-refractivity contribution in [2.45, 2.75) is 32.4 Å². The first kappa shape index (κ1) is 20.6. The van der Waals surface area contributed by atoms with Gasteiger partial charge < -0.3 is 20.4 Å². The number of aromatic nitrogens is 3. The molecule has 1 amide bonds. The Labute approximate surface area is 191 Å². The maximum absolute atomic E-state index is 12.0. The molecule has 1 aliphatic rings. The van der Waals surface area contributed by atoms with Gasteiger partial charge in [-0.25, -0.2) is 9.97 Å². The predicted molar refractivity (Wildman–Crippen MR) is 128 cm³/mol. The molecule has 0 bridgehead atoms. The van der Waals surface area contributed by atoms with E-state index in [1.165, 1.54) is 6.33 Å². The Hall–Kier alpha value is -4.31. The molecule has 7 heteroatoms. The number of amides is 1. The monoisotopic (exact) mass is 437 g/mol. The lowest BCUT2D eigenvalue weighted by Gasteiger charge is -2.26. The summed E-state index contributed by atoms with van der Waals surface area (Å²) in [5.41, 5.74) is 10.3. The van der Waals surface area contributed by atoms with Gasteiger partial charge in [0.15, 0.2) is 0 Å². The van der Waals surface area contributed by atoms with E-state index in [0.29, 0.717) is 12.4 Å². The molecule has 0 fully saturated rings. The molecule has 0 radical (unpaired) electrons. The first-order valence-corrected chi connectivity index (χ1v) is 10.8. The SMILES string of the molecule is CC#CC(=O)N[C@@H]1CCc2c(-c3ccc(Oc4ccccc4)cc3)c3c(N)ncnc3n2C1. The molecular weight excluding hydrogens is 414 g/mol. The highest BCUT2D eigenvalue weighted by molar-refractivity contribution is 6.02. The van der Waals surface area contributed by atoms with Crippen LogP contribution in [0.1, 0.15) is 19.0 Å². The lowest BCUT2D eigenvalue weighted by molar-refractivity contribution is -0.116. The Balaban J connectivity index is 1.51. The summed E-state index contributed by atoms with van der Waals surface area (Å²) >= 11 is 0. The van der Waals surface area contributed by atoms with Crippen molar-refractivity contribution in [2.75, 3.05) is 5.73 Å².